The Balaban J connectivity index is 1.94. The molecule has 0 aliphatic heterocycles. The molecule has 3 rings (SSSR count). The molecule has 0 spiro atoms. The van der Waals surface area contributed by atoms with E-state index in [-0.39, 0.29) is 28.0 Å². The van der Waals surface area contributed by atoms with E-state index < -0.39 is 10.8 Å². The largest absolute Gasteiger partial charge is 0.493 e. The number of nitro groups is 1. The van der Waals surface area contributed by atoms with Gasteiger partial charge in [-0.2, -0.15) is 4.99 Å². The van der Waals surface area contributed by atoms with Gasteiger partial charge in [-0.1, -0.05) is 11.6 Å². The van der Waals surface area contributed by atoms with Crippen molar-refractivity contribution in [1.82, 2.24) is 4.57 Å². The summed E-state index contributed by atoms with van der Waals surface area (Å²) in [5.41, 5.74) is 0.0121. The third-order valence-corrected chi connectivity index (χ3v) is 4.79. The first kappa shape index (κ1) is 19.6. The van der Waals surface area contributed by atoms with Crippen molar-refractivity contribution in [1.29, 1.82) is 0 Å². The first-order valence-electron chi connectivity index (χ1n) is 7.88. The van der Waals surface area contributed by atoms with Gasteiger partial charge in [-0.3, -0.25) is 14.9 Å². The molecule has 144 valence electrons. The molecule has 0 saturated carbocycles. The van der Waals surface area contributed by atoms with Gasteiger partial charge in [-0.15, -0.1) is 11.3 Å². The van der Waals surface area contributed by atoms with Crippen molar-refractivity contribution in [2.45, 2.75) is 0 Å². The van der Waals surface area contributed by atoms with Crippen molar-refractivity contribution in [3.8, 4) is 17.2 Å². The molecule has 0 aliphatic carbocycles. The van der Waals surface area contributed by atoms with Gasteiger partial charge in [0.2, 0.25) is 5.75 Å². The Hall–Kier alpha value is -3.17. The summed E-state index contributed by atoms with van der Waals surface area (Å²) in [5, 5.41) is 13.3. The van der Waals surface area contributed by atoms with Gasteiger partial charge in [0.15, 0.2) is 16.3 Å². The topological polar surface area (TPSA) is 96.0 Å². The summed E-state index contributed by atoms with van der Waals surface area (Å²) in [7, 11) is 3.20. The maximum atomic E-state index is 12.4. The van der Waals surface area contributed by atoms with Crippen LogP contribution in [0.5, 0.6) is 17.2 Å². The van der Waals surface area contributed by atoms with E-state index in [0.29, 0.717) is 10.4 Å². The minimum absolute atomic E-state index is 0.00192. The minimum atomic E-state index is -0.592. The molecule has 3 aromatic rings. The number of carbonyl (C=O) groups excluding carboxylic acids is 1. The molecule has 0 radical (unpaired) electrons. The Labute approximate surface area is 168 Å². The molecule has 28 heavy (non-hydrogen) atoms. The molecule has 0 atom stereocenters. The van der Waals surface area contributed by atoms with Crippen LogP contribution in [0.15, 0.2) is 53.0 Å². The average Bonchev–Trinajstić information content (AvgIpc) is 3.07. The van der Waals surface area contributed by atoms with Crippen molar-refractivity contribution in [2.24, 2.45) is 12.0 Å². The number of amides is 1. The number of carbonyl (C=O) groups is 1. The SMILES string of the molecule is COc1cc(C(=O)N=c2sccn2C)ccc1Oc1ccc(Cl)cc1[N+](=O)[O-]. The maximum Gasteiger partial charge on any atom is 0.313 e. The van der Waals surface area contributed by atoms with Crippen molar-refractivity contribution >= 4 is 34.5 Å². The fraction of sp³-hybridized carbons (Fsp3) is 0.111. The number of nitro benzene ring substituents is 1. The number of aryl methyl sites for hydroxylation is 1. The normalized spacial score (nSPS) is 11.3. The second-order valence-electron chi connectivity index (χ2n) is 5.55. The summed E-state index contributed by atoms with van der Waals surface area (Å²) in [4.78, 5) is 27.7. The van der Waals surface area contributed by atoms with Crippen LogP contribution in [-0.4, -0.2) is 22.5 Å². The Morgan fingerprint density at radius 2 is 1.96 bits per heavy atom. The number of halogens is 1. The third kappa shape index (κ3) is 4.21. The molecule has 0 saturated heterocycles. The van der Waals surface area contributed by atoms with Crippen molar-refractivity contribution in [2.75, 3.05) is 7.11 Å². The molecule has 0 fully saturated rings. The van der Waals surface area contributed by atoms with E-state index in [1.165, 1.54) is 54.8 Å². The van der Waals surface area contributed by atoms with Crippen molar-refractivity contribution < 1.29 is 19.2 Å². The Kier molecular flexibility index (Phi) is 5.76. The molecule has 1 amide bonds. The number of thiazole rings is 1. The van der Waals surface area contributed by atoms with Gasteiger partial charge < -0.3 is 14.0 Å². The summed E-state index contributed by atoms with van der Waals surface area (Å²) < 4.78 is 12.6. The standard InChI is InChI=1S/C18H14ClN3O5S/c1-21-7-8-28-18(21)20-17(23)11-3-5-15(16(9-11)26-2)27-14-6-4-12(19)10-13(14)22(24)25/h3-10H,1-2H3. The van der Waals surface area contributed by atoms with E-state index in [2.05, 4.69) is 4.99 Å². The first-order chi connectivity index (χ1) is 13.4. The van der Waals surface area contributed by atoms with Crippen LogP contribution in [0, 0.1) is 10.1 Å². The van der Waals surface area contributed by atoms with Gasteiger partial charge in [-0.05, 0) is 30.3 Å². The number of ether oxygens (including phenoxy) is 2. The lowest BCUT2D eigenvalue weighted by Gasteiger charge is -2.11. The lowest BCUT2D eigenvalue weighted by molar-refractivity contribution is -0.385. The second kappa shape index (κ2) is 8.24. The van der Waals surface area contributed by atoms with E-state index in [0.717, 1.165) is 0 Å². The highest BCUT2D eigenvalue weighted by molar-refractivity contribution is 7.07. The van der Waals surface area contributed by atoms with Gasteiger partial charge in [0, 0.05) is 35.3 Å². The Morgan fingerprint density at radius 1 is 1.21 bits per heavy atom. The molecule has 10 heteroatoms. The maximum absolute atomic E-state index is 12.4. The third-order valence-electron chi connectivity index (χ3n) is 3.71. The predicted octanol–water partition coefficient (Wildman–Crippen LogP) is 4.19. The zero-order chi connectivity index (χ0) is 20.3. The van der Waals surface area contributed by atoms with Crippen LogP contribution < -0.4 is 14.3 Å². The van der Waals surface area contributed by atoms with Crippen LogP contribution in [0.1, 0.15) is 10.4 Å². The lowest BCUT2D eigenvalue weighted by atomic mass is 10.2. The van der Waals surface area contributed by atoms with Crippen molar-refractivity contribution in [3.63, 3.8) is 0 Å². The van der Waals surface area contributed by atoms with Crippen LogP contribution in [0.4, 0.5) is 5.69 Å². The number of rotatable bonds is 5. The smallest absolute Gasteiger partial charge is 0.313 e. The average molecular weight is 420 g/mol. The number of hydrogen-bond donors (Lipinski definition) is 0. The van der Waals surface area contributed by atoms with E-state index in [4.69, 9.17) is 21.1 Å². The van der Waals surface area contributed by atoms with E-state index in [9.17, 15) is 14.9 Å². The zero-order valence-electron chi connectivity index (χ0n) is 14.8. The number of methoxy groups -OCH3 is 1. The number of nitrogens with zero attached hydrogens (tertiary/aromatic N) is 3. The zero-order valence-corrected chi connectivity index (χ0v) is 16.4. The van der Waals surface area contributed by atoms with Gasteiger partial charge in [0.25, 0.3) is 5.91 Å². The second-order valence-corrected chi connectivity index (χ2v) is 6.86. The molecule has 1 aromatic heterocycles. The van der Waals surface area contributed by atoms with Crippen LogP contribution in [0.3, 0.4) is 0 Å². The number of benzene rings is 2. The van der Waals surface area contributed by atoms with Crippen LogP contribution in [0.2, 0.25) is 5.02 Å². The fourth-order valence-electron chi connectivity index (χ4n) is 2.31. The van der Waals surface area contributed by atoms with E-state index in [1.54, 1.807) is 17.8 Å². The van der Waals surface area contributed by atoms with Gasteiger partial charge in [0.1, 0.15) is 0 Å². The Morgan fingerprint density at radius 3 is 2.61 bits per heavy atom. The minimum Gasteiger partial charge on any atom is -0.493 e. The van der Waals surface area contributed by atoms with Crippen LogP contribution >= 0.6 is 22.9 Å². The molecule has 0 aliphatic rings. The lowest BCUT2D eigenvalue weighted by Crippen LogP contribution is -2.12. The number of hydrogen-bond acceptors (Lipinski definition) is 6. The summed E-state index contributed by atoms with van der Waals surface area (Å²) in [6.45, 7) is 0. The molecule has 0 unspecified atom stereocenters. The highest BCUT2D eigenvalue weighted by Crippen LogP contribution is 2.37. The summed E-state index contributed by atoms with van der Waals surface area (Å²) in [6, 6.07) is 8.55. The molecule has 2 aromatic carbocycles. The van der Waals surface area contributed by atoms with Crippen LogP contribution in [0.25, 0.3) is 0 Å². The fourth-order valence-corrected chi connectivity index (χ4v) is 3.20. The summed E-state index contributed by atoms with van der Waals surface area (Å²) in [5.74, 6) is 0.00875. The molecule has 1 heterocycles. The van der Waals surface area contributed by atoms with E-state index >= 15 is 0 Å². The van der Waals surface area contributed by atoms with Crippen LogP contribution in [-0.2, 0) is 7.05 Å². The van der Waals surface area contributed by atoms with Gasteiger partial charge >= 0.3 is 5.69 Å². The molecular formula is C18H14ClN3O5S. The van der Waals surface area contributed by atoms with Crippen molar-refractivity contribution in [3.05, 3.63) is 73.5 Å². The summed E-state index contributed by atoms with van der Waals surface area (Å²) >= 11 is 7.15. The predicted molar refractivity (Wildman–Crippen MR) is 104 cm³/mol. The Bertz CT molecular complexity index is 1120. The molecule has 0 N–H and O–H groups in total. The van der Waals surface area contributed by atoms with Gasteiger partial charge in [0.05, 0.1) is 12.0 Å². The highest BCUT2D eigenvalue weighted by atomic mass is 35.5. The number of aromatic nitrogens is 1. The quantitative estimate of drug-likeness (QED) is 0.456. The van der Waals surface area contributed by atoms with Gasteiger partial charge in [-0.25, -0.2) is 0 Å². The first-order valence-corrected chi connectivity index (χ1v) is 9.14. The highest BCUT2D eigenvalue weighted by Gasteiger charge is 2.19. The van der Waals surface area contributed by atoms with E-state index in [1.807, 2.05) is 5.38 Å². The molecular weight excluding hydrogens is 406 g/mol. The summed E-state index contributed by atoms with van der Waals surface area (Å²) in [6.07, 6.45) is 1.80. The molecule has 0 bridgehead atoms. The molecule has 8 nitrogen and oxygen atoms in total. The monoisotopic (exact) mass is 419 g/mol.